The Morgan fingerprint density at radius 1 is 1.12 bits per heavy atom. The molecule has 2 amide bonds. The lowest BCUT2D eigenvalue weighted by Gasteiger charge is -2.44. The molecular weight excluding hydrogens is 613 g/mol. The average molecular weight is 651 g/mol. The predicted octanol–water partition coefficient (Wildman–Crippen LogP) is 5.14. The maximum atomic E-state index is 14.0. The molecule has 2 bridgehead atoms. The minimum atomic E-state index is -0.811. The summed E-state index contributed by atoms with van der Waals surface area (Å²) in [6, 6.07) is 21.7. The lowest BCUT2D eigenvalue weighted by atomic mass is 9.82. The first kappa shape index (κ1) is 30.9. The fourth-order valence-corrected chi connectivity index (χ4v) is 6.23. The summed E-state index contributed by atoms with van der Waals surface area (Å²) in [5.74, 6) is -0.00939. The molecule has 1 saturated heterocycles. The molecule has 2 aliphatic heterocycles. The van der Waals surface area contributed by atoms with E-state index in [1.807, 2.05) is 35.2 Å². The zero-order valence-corrected chi connectivity index (χ0v) is 26.0. The Morgan fingerprint density at radius 2 is 1.86 bits per heavy atom. The van der Waals surface area contributed by atoms with E-state index in [1.54, 1.807) is 24.9 Å². The zero-order chi connectivity index (χ0) is 30.5. The molecule has 3 atom stereocenters. The number of aryl methyl sites for hydroxylation is 1. The van der Waals surface area contributed by atoms with E-state index in [4.69, 9.17) is 4.74 Å². The van der Waals surface area contributed by atoms with Crippen LogP contribution in [-0.4, -0.2) is 72.1 Å². The Balaban J connectivity index is 1.32. The number of hydrogen-bond acceptors (Lipinski definition) is 5. The smallest absolute Gasteiger partial charge is 0.251 e. The molecule has 7 nitrogen and oxygen atoms in total. The van der Waals surface area contributed by atoms with Gasteiger partial charge in [0.1, 0.15) is 11.6 Å². The number of aliphatic hydroxyl groups excluding tert-OH is 1. The van der Waals surface area contributed by atoms with Crippen LogP contribution in [0.25, 0.3) is 5.57 Å². The molecule has 0 aliphatic carbocycles. The Labute approximate surface area is 260 Å². The van der Waals surface area contributed by atoms with Crippen molar-refractivity contribution in [2.24, 2.45) is 0 Å². The van der Waals surface area contributed by atoms with Crippen LogP contribution in [0.15, 0.2) is 82.8 Å². The zero-order valence-electron chi connectivity index (χ0n) is 24.4. The van der Waals surface area contributed by atoms with Gasteiger partial charge in [-0.05, 0) is 69.6 Å². The van der Waals surface area contributed by atoms with Crippen molar-refractivity contribution in [2.75, 3.05) is 33.3 Å². The van der Waals surface area contributed by atoms with Gasteiger partial charge in [-0.2, -0.15) is 0 Å². The number of nitrogens with zero attached hydrogens (tertiary/aromatic N) is 2. The third-order valence-corrected chi connectivity index (χ3v) is 8.78. The molecule has 0 spiro atoms. The standard InChI is InChI=1S/C34H37BrFN3O4/c1-22(40)39-19-27-18-28(24-12-10-23(11-13-24)7-6-16-43-32-17-26(36)14-15-29(32)35)33(30(20-39)37-27)34(42)38(2)21-31(41)25-8-4-3-5-9-25/h3-5,8-15,17,27,30-31,37,41H,6-7,16,18-21H2,1-2H3/t27-,30-,31+/m1/s1. The fraction of sp³-hybridized carbons (Fsp3) is 0.353. The molecule has 0 unspecified atom stereocenters. The molecule has 2 heterocycles. The topological polar surface area (TPSA) is 82.1 Å². The van der Waals surface area contributed by atoms with Crippen LogP contribution in [0.2, 0.25) is 0 Å². The molecule has 1 fully saturated rings. The number of aliphatic hydroxyl groups is 1. The summed E-state index contributed by atoms with van der Waals surface area (Å²) in [5, 5.41) is 14.4. The second kappa shape index (κ2) is 13.8. The largest absolute Gasteiger partial charge is 0.492 e. The molecule has 3 aromatic carbocycles. The highest BCUT2D eigenvalue weighted by Crippen LogP contribution is 2.34. The van der Waals surface area contributed by atoms with Gasteiger partial charge in [0.25, 0.3) is 5.91 Å². The Kier molecular flexibility index (Phi) is 9.95. The van der Waals surface area contributed by atoms with E-state index >= 15 is 0 Å². The summed E-state index contributed by atoms with van der Waals surface area (Å²) in [7, 11) is 1.71. The fourth-order valence-electron chi connectivity index (χ4n) is 5.87. The summed E-state index contributed by atoms with van der Waals surface area (Å²) < 4.78 is 20.0. The first-order valence-corrected chi connectivity index (χ1v) is 15.4. The highest BCUT2D eigenvalue weighted by molar-refractivity contribution is 9.10. The van der Waals surface area contributed by atoms with Gasteiger partial charge in [0.2, 0.25) is 5.91 Å². The van der Waals surface area contributed by atoms with Crippen LogP contribution in [0.3, 0.4) is 0 Å². The number of benzene rings is 3. The van der Waals surface area contributed by atoms with Crippen LogP contribution < -0.4 is 10.1 Å². The van der Waals surface area contributed by atoms with Crippen LogP contribution in [0, 0.1) is 5.82 Å². The molecular formula is C34H37BrFN3O4. The van der Waals surface area contributed by atoms with Crippen molar-refractivity contribution in [3.63, 3.8) is 0 Å². The van der Waals surface area contributed by atoms with Crippen LogP contribution in [-0.2, 0) is 16.0 Å². The number of halogens is 2. The van der Waals surface area contributed by atoms with Crippen molar-refractivity contribution in [1.82, 2.24) is 15.1 Å². The summed E-state index contributed by atoms with van der Waals surface area (Å²) in [4.78, 5) is 29.7. The van der Waals surface area contributed by atoms with Crippen molar-refractivity contribution in [3.05, 3.63) is 105 Å². The van der Waals surface area contributed by atoms with Gasteiger partial charge >= 0.3 is 0 Å². The van der Waals surface area contributed by atoms with Crippen LogP contribution in [0.4, 0.5) is 4.39 Å². The second-order valence-electron chi connectivity index (χ2n) is 11.3. The number of carbonyl (C=O) groups excluding carboxylic acids is 2. The predicted molar refractivity (Wildman–Crippen MR) is 168 cm³/mol. The molecule has 9 heteroatoms. The van der Waals surface area contributed by atoms with E-state index in [9.17, 15) is 19.1 Å². The molecule has 0 saturated carbocycles. The molecule has 43 heavy (non-hydrogen) atoms. The van der Waals surface area contributed by atoms with Gasteiger partial charge in [0.15, 0.2) is 0 Å². The van der Waals surface area contributed by atoms with Crippen LogP contribution >= 0.6 is 15.9 Å². The molecule has 3 aromatic rings. The Morgan fingerprint density at radius 3 is 2.58 bits per heavy atom. The number of piperazine rings is 1. The highest BCUT2D eigenvalue weighted by atomic mass is 79.9. The normalized spacial score (nSPS) is 18.8. The van der Waals surface area contributed by atoms with Gasteiger partial charge in [-0.25, -0.2) is 4.39 Å². The highest BCUT2D eigenvalue weighted by Gasteiger charge is 2.40. The van der Waals surface area contributed by atoms with Crippen molar-refractivity contribution in [2.45, 2.75) is 44.4 Å². The number of rotatable bonds is 10. The summed E-state index contributed by atoms with van der Waals surface area (Å²) >= 11 is 3.39. The van der Waals surface area contributed by atoms with Crippen molar-refractivity contribution >= 4 is 33.3 Å². The number of carbonyl (C=O) groups is 2. The average Bonchev–Trinajstić information content (AvgIpc) is 3.01. The summed E-state index contributed by atoms with van der Waals surface area (Å²) in [6.07, 6.45) is 1.36. The van der Waals surface area contributed by atoms with E-state index in [0.717, 1.165) is 39.6 Å². The van der Waals surface area contributed by atoms with E-state index < -0.39 is 6.10 Å². The van der Waals surface area contributed by atoms with Gasteiger partial charge in [-0.15, -0.1) is 0 Å². The van der Waals surface area contributed by atoms with Gasteiger partial charge in [-0.3, -0.25) is 9.59 Å². The number of amides is 2. The SMILES string of the molecule is CC(=O)N1C[C@H]2CC(c3ccc(CCCOc4cc(F)ccc4Br)cc3)=C(C(=O)N(C)C[C@H](O)c3ccccc3)[C@@H](C1)N2. The summed E-state index contributed by atoms with van der Waals surface area (Å²) in [5.41, 5.74) is 4.50. The first-order valence-electron chi connectivity index (χ1n) is 14.6. The van der Waals surface area contributed by atoms with E-state index in [-0.39, 0.29) is 36.3 Å². The Bertz CT molecular complexity index is 1480. The Hall–Kier alpha value is -3.53. The van der Waals surface area contributed by atoms with Gasteiger partial charge < -0.3 is 25.0 Å². The molecule has 2 aliphatic rings. The lowest BCUT2D eigenvalue weighted by molar-refractivity contribution is -0.132. The third-order valence-electron chi connectivity index (χ3n) is 8.12. The number of nitrogens with one attached hydrogen (secondary N) is 1. The molecule has 0 aromatic heterocycles. The van der Waals surface area contributed by atoms with Crippen molar-refractivity contribution in [3.8, 4) is 5.75 Å². The van der Waals surface area contributed by atoms with Crippen molar-refractivity contribution < 1.29 is 23.8 Å². The quantitative estimate of drug-likeness (QED) is 0.297. The molecule has 2 N–H and O–H groups in total. The second-order valence-corrected chi connectivity index (χ2v) is 12.1. The van der Waals surface area contributed by atoms with E-state index in [2.05, 4.69) is 45.5 Å². The first-order chi connectivity index (χ1) is 20.7. The lowest BCUT2D eigenvalue weighted by Crippen LogP contribution is -2.61. The minimum Gasteiger partial charge on any atom is -0.492 e. The van der Waals surface area contributed by atoms with Gasteiger partial charge in [0.05, 0.1) is 29.8 Å². The monoisotopic (exact) mass is 649 g/mol. The maximum absolute atomic E-state index is 14.0. The van der Waals surface area contributed by atoms with Crippen LogP contribution in [0.5, 0.6) is 5.75 Å². The number of hydrogen-bond donors (Lipinski definition) is 2. The summed E-state index contributed by atoms with van der Waals surface area (Å²) in [6.45, 7) is 3.19. The maximum Gasteiger partial charge on any atom is 0.251 e. The number of fused-ring (bicyclic) bond motifs is 2. The number of ether oxygens (including phenoxy) is 1. The van der Waals surface area contributed by atoms with Gasteiger partial charge in [0, 0.05) is 44.7 Å². The third kappa shape index (κ3) is 7.52. The van der Waals surface area contributed by atoms with E-state index in [1.165, 1.54) is 12.1 Å². The molecule has 226 valence electrons. The van der Waals surface area contributed by atoms with Crippen molar-refractivity contribution in [1.29, 1.82) is 0 Å². The molecule has 5 rings (SSSR count). The molecule has 0 radical (unpaired) electrons. The van der Waals surface area contributed by atoms with Gasteiger partial charge in [-0.1, -0.05) is 54.6 Å². The van der Waals surface area contributed by atoms with Crippen LogP contribution in [0.1, 0.15) is 42.6 Å². The van der Waals surface area contributed by atoms with E-state index in [0.29, 0.717) is 37.4 Å². The minimum absolute atomic E-state index is 0.00214. The number of likely N-dealkylation sites (N-methyl/N-ethyl adjacent to an activating group) is 1.